The quantitative estimate of drug-likeness (QED) is 0.361. The van der Waals surface area contributed by atoms with E-state index in [0.29, 0.717) is 16.7 Å². The van der Waals surface area contributed by atoms with Crippen LogP contribution in [-0.2, 0) is 26.3 Å². The van der Waals surface area contributed by atoms with Crippen molar-refractivity contribution in [2.45, 2.75) is 44.1 Å². The van der Waals surface area contributed by atoms with E-state index >= 15 is 0 Å². The number of aliphatic hydroxyl groups is 1. The maximum Gasteiger partial charge on any atom is 0.504 e. The molecule has 0 spiro atoms. The highest BCUT2D eigenvalue weighted by Gasteiger charge is 2.46. The van der Waals surface area contributed by atoms with Crippen LogP contribution in [0, 0.1) is 27.7 Å². The van der Waals surface area contributed by atoms with Gasteiger partial charge in [0.25, 0.3) is 19.7 Å². The molecular formula is C18H20N2O5S2. The Kier molecular flexibility index (Phi) is 5.72. The maximum atomic E-state index is 13.1. The fourth-order valence-electron chi connectivity index (χ4n) is 2.97. The predicted octanol–water partition coefficient (Wildman–Crippen LogP) is 2.25. The Bertz CT molecular complexity index is 1180. The summed E-state index contributed by atoms with van der Waals surface area (Å²) in [4.78, 5) is 2.02. The molecule has 0 fully saturated rings. The molecule has 0 heterocycles. The first-order chi connectivity index (χ1) is 12.5. The second-order valence-corrected chi connectivity index (χ2v) is 10.3. The highest BCUT2D eigenvalue weighted by atomic mass is 32.3. The summed E-state index contributed by atoms with van der Waals surface area (Å²) in [5.41, 5.74) is 11.3. The monoisotopic (exact) mass is 408 g/mol. The number of rotatable bonds is 3. The molecule has 27 heavy (non-hydrogen) atoms. The fraction of sp³-hybridized carbons (Fsp3) is 0.278. The van der Waals surface area contributed by atoms with Gasteiger partial charge in [-0.2, -0.15) is 0 Å². The maximum absolute atomic E-state index is 13.1. The van der Waals surface area contributed by atoms with Gasteiger partial charge in [-0.1, -0.05) is 29.8 Å². The van der Waals surface area contributed by atoms with Crippen LogP contribution >= 0.6 is 0 Å². The lowest BCUT2D eigenvalue weighted by Gasteiger charge is -2.12. The third-order valence-electron chi connectivity index (χ3n) is 4.11. The minimum absolute atomic E-state index is 0.0322. The Hall–Kier alpha value is -2.32. The number of benzene rings is 2. The number of aryl methyl sites for hydroxylation is 4. The molecule has 0 amide bonds. The van der Waals surface area contributed by atoms with E-state index in [2.05, 4.69) is 4.79 Å². The number of nitrogens with zero attached hydrogens (tertiary/aromatic N) is 2. The van der Waals surface area contributed by atoms with Crippen molar-refractivity contribution in [3.05, 3.63) is 63.7 Å². The van der Waals surface area contributed by atoms with E-state index in [1.807, 2.05) is 0 Å². The molecule has 2 rings (SSSR count). The molecule has 0 aliphatic rings. The molecule has 0 radical (unpaired) electrons. The zero-order valence-electron chi connectivity index (χ0n) is 15.4. The van der Waals surface area contributed by atoms with E-state index in [1.54, 1.807) is 32.0 Å². The Morgan fingerprint density at radius 3 is 2.11 bits per heavy atom. The highest BCUT2D eigenvalue weighted by Crippen LogP contribution is 2.28. The van der Waals surface area contributed by atoms with Crippen LogP contribution in [0.4, 0.5) is 0 Å². The van der Waals surface area contributed by atoms with Gasteiger partial charge in [-0.3, -0.25) is 0 Å². The molecule has 9 heteroatoms. The van der Waals surface area contributed by atoms with Crippen molar-refractivity contribution in [1.82, 2.24) is 0 Å². The molecule has 0 atom stereocenters. The third kappa shape index (κ3) is 3.72. The van der Waals surface area contributed by atoms with E-state index in [0.717, 1.165) is 0 Å². The molecule has 2 aromatic rings. The van der Waals surface area contributed by atoms with Gasteiger partial charge < -0.3 is 10.6 Å². The van der Waals surface area contributed by atoms with Gasteiger partial charge in [-0.15, -0.1) is 4.79 Å². The largest absolute Gasteiger partial charge is 0.504 e. The summed E-state index contributed by atoms with van der Waals surface area (Å²) in [6.07, 6.45) is 0. The van der Waals surface area contributed by atoms with Gasteiger partial charge >= 0.3 is 4.38 Å². The van der Waals surface area contributed by atoms with Crippen molar-refractivity contribution >= 4 is 24.1 Å². The van der Waals surface area contributed by atoms with Gasteiger partial charge in [0, 0.05) is 0 Å². The lowest BCUT2D eigenvalue weighted by Crippen LogP contribution is -2.28. The molecule has 2 aromatic carbocycles. The molecule has 1 N–H and O–H groups in total. The van der Waals surface area contributed by atoms with Crippen LogP contribution in [0.2, 0.25) is 0 Å². The molecule has 0 aromatic heterocycles. The van der Waals surface area contributed by atoms with E-state index in [9.17, 15) is 27.5 Å². The molecule has 0 bridgehead atoms. The van der Waals surface area contributed by atoms with Gasteiger partial charge in [0.15, 0.2) is 0 Å². The zero-order chi connectivity index (χ0) is 20.6. The zero-order valence-corrected chi connectivity index (χ0v) is 17.0. The van der Waals surface area contributed by atoms with Crippen LogP contribution < -0.4 is 0 Å². The Balaban J connectivity index is 2.82. The van der Waals surface area contributed by atoms with Crippen molar-refractivity contribution in [2.75, 3.05) is 0 Å². The van der Waals surface area contributed by atoms with Crippen LogP contribution in [0.15, 0.2) is 40.1 Å². The Morgan fingerprint density at radius 1 is 0.926 bits per heavy atom. The molecule has 0 saturated heterocycles. The molecule has 144 valence electrons. The van der Waals surface area contributed by atoms with E-state index in [1.165, 1.54) is 26.0 Å². The molecule has 7 nitrogen and oxygen atoms in total. The normalized spacial score (nSPS) is 11.9. The number of aliphatic hydroxyl groups excluding tert-OH is 1. The minimum atomic E-state index is -4.72. The lowest BCUT2D eigenvalue weighted by atomic mass is 10.1. The molecular weight excluding hydrogens is 388 g/mol. The number of hydrogen-bond donors (Lipinski definition) is 1. The summed E-state index contributed by atoms with van der Waals surface area (Å²) < 4.78 is 50.9. The van der Waals surface area contributed by atoms with Gasteiger partial charge in [0.2, 0.25) is 0 Å². The van der Waals surface area contributed by atoms with Gasteiger partial charge in [0.05, 0.1) is 16.4 Å². The lowest BCUT2D eigenvalue weighted by molar-refractivity contribution is 0.00379. The van der Waals surface area contributed by atoms with Crippen molar-refractivity contribution in [3.63, 3.8) is 0 Å². The standard InChI is InChI=1S/C18H20N2O5S2/c1-11-5-6-13(3)16(9-11)26(22,23)18(20-19)27(24,25)17-14(4)7-12(2)8-15(17)10-21/h5-9,21H,10H2,1-4H3. The first kappa shape index (κ1) is 21.0. The summed E-state index contributed by atoms with van der Waals surface area (Å²) in [6.45, 7) is 5.77. The summed E-state index contributed by atoms with van der Waals surface area (Å²) >= 11 is 0. The summed E-state index contributed by atoms with van der Waals surface area (Å²) in [6, 6.07) is 7.54. The topological polar surface area (TPSA) is 125 Å². The summed E-state index contributed by atoms with van der Waals surface area (Å²) in [5.74, 6) is 0. The number of hydrogen-bond acceptors (Lipinski definition) is 5. The Labute approximate surface area is 158 Å². The molecule has 0 saturated carbocycles. The molecule has 0 aliphatic heterocycles. The van der Waals surface area contributed by atoms with Gasteiger partial charge in [-0.05, 0) is 56.0 Å². The van der Waals surface area contributed by atoms with Crippen molar-refractivity contribution < 1.29 is 26.7 Å². The fourth-order valence-corrected chi connectivity index (χ4v) is 7.01. The minimum Gasteiger partial charge on any atom is -0.392 e. The van der Waals surface area contributed by atoms with Gasteiger partial charge in [-0.25, -0.2) is 16.8 Å². The SMILES string of the molecule is Cc1cc(C)c(S(=O)(=O)C(=[N+]=[N-])S(=O)(=O)c2cc(C)ccc2C)c(CO)c1. The average Bonchev–Trinajstić information content (AvgIpc) is 2.55. The predicted molar refractivity (Wildman–Crippen MR) is 101 cm³/mol. The van der Waals surface area contributed by atoms with Crippen molar-refractivity contribution in [1.29, 1.82) is 0 Å². The summed E-state index contributed by atoms with van der Waals surface area (Å²) in [5, 5.41) is 9.57. The molecule has 0 unspecified atom stereocenters. The van der Waals surface area contributed by atoms with Crippen molar-refractivity contribution in [3.8, 4) is 0 Å². The van der Waals surface area contributed by atoms with E-state index in [4.69, 9.17) is 0 Å². The van der Waals surface area contributed by atoms with Gasteiger partial charge in [0.1, 0.15) is 0 Å². The van der Waals surface area contributed by atoms with Crippen LogP contribution in [0.1, 0.15) is 27.8 Å². The second kappa shape index (κ2) is 7.36. The first-order valence-corrected chi connectivity index (χ1v) is 10.9. The summed E-state index contributed by atoms with van der Waals surface area (Å²) in [7, 11) is -9.36. The molecule has 0 aliphatic carbocycles. The Morgan fingerprint density at radius 2 is 1.56 bits per heavy atom. The van der Waals surface area contributed by atoms with Crippen LogP contribution in [0.5, 0.6) is 0 Å². The average molecular weight is 409 g/mol. The van der Waals surface area contributed by atoms with E-state index < -0.39 is 30.7 Å². The van der Waals surface area contributed by atoms with E-state index in [-0.39, 0.29) is 20.9 Å². The second-order valence-electron chi connectivity index (χ2n) is 6.37. The van der Waals surface area contributed by atoms with Crippen LogP contribution in [-0.4, -0.2) is 31.1 Å². The van der Waals surface area contributed by atoms with Crippen LogP contribution in [0.3, 0.4) is 0 Å². The highest BCUT2D eigenvalue weighted by molar-refractivity contribution is 8.31. The number of sulfone groups is 2. The van der Waals surface area contributed by atoms with Crippen molar-refractivity contribution in [2.24, 2.45) is 0 Å². The third-order valence-corrected chi connectivity index (χ3v) is 8.65. The van der Waals surface area contributed by atoms with Crippen LogP contribution in [0.25, 0.3) is 5.53 Å². The first-order valence-electron chi connectivity index (χ1n) is 7.97. The smallest absolute Gasteiger partial charge is 0.392 e.